The number of aromatic nitrogens is 1. The molecule has 2 heterocycles. The highest BCUT2D eigenvalue weighted by Crippen LogP contribution is 2.31. The van der Waals surface area contributed by atoms with Crippen molar-refractivity contribution in [1.29, 1.82) is 0 Å². The van der Waals surface area contributed by atoms with Gasteiger partial charge in [0, 0.05) is 26.3 Å². The third-order valence-electron chi connectivity index (χ3n) is 3.52. The summed E-state index contributed by atoms with van der Waals surface area (Å²) in [5.74, 6) is -0.556. The van der Waals surface area contributed by atoms with Crippen LogP contribution in [0.4, 0.5) is 0 Å². The van der Waals surface area contributed by atoms with E-state index in [1.807, 2.05) is 6.92 Å². The lowest BCUT2D eigenvalue weighted by atomic mass is 9.89. The lowest BCUT2D eigenvalue weighted by Crippen LogP contribution is -2.40. The molecule has 6 nitrogen and oxygen atoms in total. The average Bonchev–Trinajstić information content (AvgIpc) is 2.81. The monoisotopic (exact) mass is 263 g/mol. The first-order chi connectivity index (χ1) is 8.98. The van der Waals surface area contributed by atoms with Crippen LogP contribution in [0.1, 0.15) is 23.8 Å². The maximum Gasteiger partial charge on any atom is 0.276 e. The second kappa shape index (κ2) is 4.87. The van der Waals surface area contributed by atoms with Gasteiger partial charge < -0.3 is 15.3 Å². The lowest BCUT2D eigenvalue weighted by Gasteiger charge is -2.22. The molecule has 0 saturated carbocycles. The maximum atomic E-state index is 12.2. The van der Waals surface area contributed by atoms with Crippen LogP contribution >= 0.6 is 0 Å². The molecule has 102 valence electrons. The van der Waals surface area contributed by atoms with E-state index in [1.54, 1.807) is 18.0 Å². The van der Waals surface area contributed by atoms with Crippen molar-refractivity contribution in [2.75, 3.05) is 20.1 Å². The number of nitrogens with zero attached hydrogens (tertiary/aromatic N) is 2. The van der Waals surface area contributed by atoms with Gasteiger partial charge in [0.1, 0.15) is 5.75 Å². The summed E-state index contributed by atoms with van der Waals surface area (Å²) in [6.07, 6.45) is 2.06. The smallest absolute Gasteiger partial charge is 0.276 e. The molecule has 0 aliphatic carbocycles. The molecule has 0 aromatic carbocycles. The lowest BCUT2D eigenvalue weighted by molar-refractivity contribution is -0.128. The van der Waals surface area contributed by atoms with Gasteiger partial charge in [0.25, 0.3) is 5.91 Å². The van der Waals surface area contributed by atoms with Gasteiger partial charge in [-0.15, -0.1) is 0 Å². The Kier molecular flexibility index (Phi) is 3.42. The highest BCUT2D eigenvalue weighted by atomic mass is 16.3. The second-order valence-electron chi connectivity index (χ2n) is 4.99. The number of pyridine rings is 1. The number of hydrogen-bond acceptors (Lipinski definition) is 4. The Morgan fingerprint density at radius 1 is 1.53 bits per heavy atom. The third-order valence-corrected chi connectivity index (χ3v) is 3.52. The highest BCUT2D eigenvalue weighted by molar-refractivity contribution is 5.95. The molecule has 1 aliphatic rings. The van der Waals surface area contributed by atoms with Gasteiger partial charge >= 0.3 is 0 Å². The first kappa shape index (κ1) is 13.3. The highest BCUT2D eigenvalue weighted by Gasteiger charge is 2.42. The number of hydrogen-bond donors (Lipinski definition) is 2. The molecule has 2 amide bonds. The molecule has 1 saturated heterocycles. The quantitative estimate of drug-likeness (QED) is 0.808. The Labute approximate surface area is 111 Å². The molecule has 1 atom stereocenters. The summed E-state index contributed by atoms with van der Waals surface area (Å²) in [4.78, 5) is 29.5. The molecule has 2 N–H and O–H groups in total. The van der Waals surface area contributed by atoms with Crippen molar-refractivity contribution in [3.05, 3.63) is 24.0 Å². The molecule has 2 rings (SSSR count). The number of amides is 2. The summed E-state index contributed by atoms with van der Waals surface area (Å²) in [5, 5.41) is 12.3. The van der Waals surface area contributed by atoms with Gasteiger partial charge in [0.15, 0.2) is 5.69 Å². The van der Waals surface area contributed by atoms with Crippen LogP contribution in [0.25, 0.3) is 0 Å². The van der Waals surface area contributed by atoms with Crippen LogP contribution < -0.4 is 5.32 Å². The topological polar surface area (TPSA) is 82.5 Å². The van der Waals surface area contributed by atoms with Crippen LogP contribution in [0, 0.1) is 5.41 Å². The van der Waals surface area contributed by atoms with Crippen LogP contribution in [0.15, 0.2) is 18.3 Å². The van der Waals surface area contributed by atoms with Gasteiger partial charge in [0.05, 0.1) is 5.41 Å². The van der Waals surface area contributed by atoms with Gasteiger partial charge in [0.2, 0.25) is 5.91 Å². The van der Waals surface area contributed by atoms with E-state index in [-0.39, 0.29) is 23.3 Å². The average molecular weight is 263 g/mol. The van der Waals surface area contributed by atoms with Crippen molar-refractivity contribution in [2.24, 2.45) is 5.41 Å². The molecule has 1 fully saturated rings. The SMILES string of the molecule is CNC(=O)C1(C)CCN(C(=O)c2ncccc2O)C1. The van der Waals surface area contributed by atoms with Crippen LogP contribution in [0.3, 0.4) is 0 Å². The Morgan fingerprint density at radius 2 is 2.26 bits per heavy atom. The first-order valence-corrected chi connectivity index (χ1v) is 6.13. The van der Waals surface area contributed by atoms with E-state index in [0.29, 0.717) is 19.5 Å². The Bertz CT molecular complexity index is 518. The first-order valence-electron chi connectivity index (χ1n) is 6.13. The van der Waals surface area contributed by atoms with Crippen LogP contribution in [-0.4, -0.2) is 46.9 Å². The summed E-state index contributed by atoms with van der Waals surface area (Å²) in [5.41, 5.74) is -0.543. The standard InChI is InChI=1S/C13H17N3O3/c1-13(12(19)14-2)5-7-16(8-13)11(18)10-9(17)4-3-6-15-10/h3-4,6,17H,5,7-8H2,1-2H3,(H,14,19). The normalized spacial score (nSPS) is 22.3. The van der Waals surface area contributed by atoms with E-state index in [4.69, 9.17) is 0 Å². The zero-order valence-electron chi connectivity index (χ0n) is 11.0. The van der Waals surface area contributed by atoms with Crippen molar-refractivity contribution in [1.82, 2.24) is 15.2 Å². The molecule has 1 aromatic rings. The summed E-state index contributed by atoms with van der Waals surface area (Å²) >= 11 is 0. The molecular weight excluding hydrogens is 246 g/mol. The van der Waals surface area contributed by atoms with Crippen molar-refractivity contribution >= 4 is 11.8 Å². The van der Waals surface area contributed by atoms with Gasteiger partial charge in [-0.3, -0.25) is 9.59 Å². The molecule has 1 aliphatic heterocycles. The molecular formula is C13H17N3O3. The summed E-state index contributed by atoms with van der Waals surface area (Å²) in [6.45, 7) is 2.65. The van der Waals surface area contributed by atoms with Crippen LogP contribution in [0.5, 0.6) is 5.75 Å². The maximum absolute atomic E-state index is 12.2. The molecule has 6 heteroatoms. The minimum atomic E-state index is -0.575. The Morgan fingerprint density at radius 3 is 2.89 bits per heavy atom. The summed E-state index contributed by atoms with van der Waals surface area (Å²) < 4.78 is 0. The van der Waals surface area contributed by atoms with Gasteiger partial charge in [-0.05, 0) is 25.5 Å². The molecule has 1 unspecified atom stereocenters. The van der Waals surface area contributed by atoms with E-state index < -0.39 is 5.41 Å². The molecule has 19 heavy (non-hydrogen) atoms. The van der Waals surface area contributed by atoms with Crippen molar-refractivity contribution in [3.8, 4) is 5.75 Å². The van der Waals surface area contributed by atoms with Gasteiger partial charge in [-0.2, -0.15) is 0 Å². The Balaban J connectivity index is 2.16. The number of aromatic hydroxyl groups is 1. The summed E-state index contributed by atoms with van der Waals surface area (Å²) in [6, 6.07) is 2.99. The number of carbonyl (C=O) groups is 2. The number of likely N-dealkylation sites (tertiary alicyclic amines) is 1. The molecule has 1 aromatic heterocycles. The largest absolute Gasteiger partial charge is 0.505 e. The minimum Gasteiger partial charge on any atom is -0.505 e. The fraction of sp³-hybridized carbons (Fsp3) is 0.462. The van der Waals surface area contributed by atoms with Crippen molar-refractivity contribution in [3.63, 3.8) is 0 Å². The van der Waals surface area contributed by atoms with E-state index >= 15 is 0 Å². The fourth-order valence-corrected chi connectivity index (χ4v) is 2.33. The zero-order valence-corrected chi connectivity index (χ0v) is 11.0. The molecule has 0 spiro atoms. The number of carbonyl (C=O) groups excluding carboxylic acids is 2. The van der Waals surface area contributed by atoms with Crippen LogP contribution in [0.2, 0.25) is 0 Å². The predicted octanol–water partition coefficient (Wildman–Crippen LogP) is 0.385. The zero-order chi connectivity index (χ0) is 14.0. The van der Waals surface area contributed by atoms with Gasteiger partial charge in [-0.25, -0.2) is 4.98 Å². The number of nitrogens with one attached hydrogen (secondary N) is 1. The third kappa shape index (κ3) is 2.38. The van der Waals surface area contributed by atoms with E-state index in [0.717, 1.165) is 0 Å². The summed E-state index contributed by atoms with van der Waals surface area (Å²) in [7, 11) is 1.59. The van der Waals surface area contributed by atoms with E-state index in [2.05, 4.69) is 10.3 Å². The van der Waals surface area contributed by atoms with Crippen molar-refractivity contribution < 1.29 is 14.7 Å². The van der Waals surface area contributed by atoms with Crippen molar-refractivity contribution in [2.45, 2.75) is 13.3 Å². The number of rotatable bonds is 2. The Hall–Kier alpha value is -2.11. The van der Waals surface area contributed by atoms with E-state index in [1.165, 1.54) is 12.3 Å². The molecule has 0 bridgehead atoms. The predicted molar refractivity (Wildman–Crippen MR) is 68.6 cm³/mol. The van der Waals surface area contributed by atoms with Crippen LogP contribution in [-0.2, 0) is 4.79 Å². The van der Waals surface area contributed by atoms with Gasteiger partial charge in [-0.1, -0.05) is 0 Å². The molecule has 0 radical (unpaired) electrons. The second-order valence-corrected chi connectivity index (χ2v) is 4.99. The minimum absolute atomic E-state index is 0.0312. The fourth-order valence-electron chi connectivity index (χ4n) is 2.33. The van der Waals surface area contributed by atoms with E-state index in [9.17, 15) is 14.7 Å².